The van der Waals surface area contributed by atoms with Gasteiger partial charge in [-0.1, -0.05) is 30.3 Å². The largest absolute Gasteiger partial charge is 0.493 e. The number of amides is 1. The fourth-order valence-electron chi connectivity index (χ4n) is 2.57. The highest BCUT2D eigenvalue weighted by atomic mass is 32.2. The molecule has 0 fully saturated rings. The summed E-state index contributed by atoms with van der Waals surface area (Å²) in [5.74, 6) is 0.324. The molecule has 0 aromatic heterocycles. The Morgan fingerprint density at radius 2 is 1.70 bits per heavy atom. The fraction of sp³-hybridized carbons (Fsp3) is 0.316. The van der Waals surface area contributed by atoms with Gasteiger partial charge in [0.15, 0.2) is 11.5 Å². The van der Waals surface area contributed by atoms with Crippen LogP contribution in [0.15, 0.2) is 53.4 Å². The topological polar surface area (TPSA) is 93.7 Å². The third-order valence-electron chi connectivity index (χ3n) is 3.91. The van der Waals surface area contributed by atoms with Crippen molar-refractivity contribution in [1.82, 2.24) is 10.0 Å². The summed E-state index contributed by atoms with van der Waals surface area (Å²) >= 11 is 0. The van der Waals surface area contributed by atoms with Crippen LogP contribution in [-0.2, 0) is 21.2 Å². The average molecular weight is 392 g/mol. The quantitative estimate of drug-likeness (QED) is 0.678. The molecule has 0 aliphatic rings. The Labute approximate surface area is 159 Å². The molecule has 2 rings (SSSR count). The third kappa shape index (κ3) is 5.45. The minimum atomic E-state index is -3.95. The number of methoxy groups -OCH3 is 2. The molecule has 0 aliphatic carbocycles. The number of benzene rings is 2. The Hall–Kier alpha value is -2.58. The van der Waals surface area contributed by atoms with Crippen molar-refractivity contribution in [2.24, 2.45) is 0 Å². The van der Waals surface area contributed by atoms with E-state index in [-0.39, 0.29) is 23.0 Å². The smallest absolute Gasteiger partial charge is 0.241 e. The van der Waals surface area contributed by atoms with Crippen molar-refractivity contribution in [3.8, 4) is 11.5 Å². The SMILES string of the molecule is CCNC(=O)[C@H](Cc1ccccc1)NS(=O)(=O)c1ccc(OC)c(OC)c1. The van der Waals surface area contributed by atoms with E-state index in [1.165, 1.54) is 32.4 Å². The second-order valence-electron chi connectivity index (χ2n) is 5.77. The van der Waals surface area contributed by atoms with Crippen LogP contribution in [0.2, 0.25) is 0 Å². The summed E-state index contributed by atoms with van der Waals surface area (Å²) in [4.78, 5) is 12.4. The first kappa shape index (κ1) is 20.7. The van der Waals surface area contributed by atoms with Crippen LogP contribution in [0.5, 0.6) is 11.5 Å². The van der Waals surface area contributed by atoms with Crippen LogP contribution in [0.25, 0.3) is 0 Å². The Bertz CT molecular complexity index is 869. The van der Waals surface area contributed by atoms with E-state index >= 15 is 0 Å². The molecule has 0 radical (unpaired) electrons. The number of hydrogen-bond acceptors (Lipinski definition) is 5. The maximum atomic E-state index is 12.8. The summed E-state index contributed by atoms with van der Waals surface area (Å²) in [6, 6.07) is 12.6. The standard InChI is InChI=1S/C19H24N2O5S/c1-4-20-19(22)16(12-14-8-6-5-7-9-14)21-27(23,24)15-10-11-17(25-2)18(13-15)26-3/h5-11,13,16,21H,4,12H2,1-3H3,(H,20,22)/t16-/m0/s1. The normalized spacial score (nSPS) is 12.3. The first-order valence-electron chi connectivity index (χ1n) is 8.47. The van der Waals surface area contributed by atoms with E-state index in [0.717, 1.165) is 5.56 Å². The molecule has 0 heterocycles. The Kier molecular flexibility index (Phi) is 7.20. The zero-order valence-corrected chi connectivity index (χ0v) is 16.4. The summed E-state index contributed by atoms with van der Waals surface area (Å²) in [6.07, 6.45) is 0.235. The lowest BCUT2D eigenvalue weighted by atomic mass is 10.1. The predicted molar refractivity (Wildman–Crippen MR) is 102 cm³/mol. The predicted octanol–water partition coefficient (Wildman–Crippen LogP) is 1.73. The highest BCUT2D eigenvalue weighted by Gasteiger charge is 2.26. The molecule has 0 spiro atoms. The van der Waals surface area contributed by atoms with Gasteiger partial charge in [-0.05, 0) is 31.0 Å². The van der Waals surface area contributed by atoms with Crippen molar-refractivity contribution in [3.63, 3.8) is 0 Å². The van der Waals surface area contributed by atoms with Gasteiger partial charge in [0, 0.05) is 12.6 Å². The van der Waals surface area contributed by atoms with Crippen molar-refractivity contribution in [2.45, 2.75) is 24.3 Å². The Morgan fingerprint density at radius 3 is 2.30 bits per heavy atom. The monoisotopic (exact) mass is 392 g/mol. The summed E-state index contributed by atoms with van der Waals surface area (Å²) in [5, 5.41) is 2.67. The number of nitrogens with one attached hydrogen (secondary N) is 2. The highest BCUT2D eigenvalue weighted by Crippen LogP contribution is 2.29. The summed E-state index contributed by atoms with van der Waals surface area (Å²) in [6.45, 7) is 2.18. The number of carbonyl (C=O) groups excluding carboxylic acids is 1. The average Bonchev–Trinajstić information content (AvgIpc) is 2.67. The maximum absolute atomic E-state index is 12.8. The van der Waals surface area contributed by atoms with Gasteiger partial charge in [-0.3, -0.25) is 4.79 Å². The third-order valence-corrected chi connectivity index (χ3v) is 5.38. The number of likely N-dealkylation sites (N-methyl/N-ethyl adjacent to an activating group) is 1. The van der Waals surface area contributed by atoms with E-state index in [1.54, 1.807) is 6.92 Å². The van der Waals surface area contributed by atoms with Gasteiger partial charge in [-0.2, -0.15) is 4.72 Å². The van der Waals surface area contributed by atoms with Gasteiger partial charge in [-0.15, -0.1) is 0 Å². The molecule has 2 aromatic carbocycles. The maximum Gasteiger partial charge on any atom is 0.241 e. The lowest BCUT2D eigenvalue weighted by Gasteiger charge is -2.19. The number of carbonyl (C=O) groups is 1. The van der Waals surface area contributed by atoms with Crippen molar-refractivity contribution >= 4 is 15.9 Å². The number of ether oxygens (including phenoxy) is 2. The molecule has 8 heteroatoms. The number of hydrogen-bond donors (Lipinski definition) is 2. The van der Waals surface area contributed by atoms with Crippen LogP contribution in [0.3, 0.4) is 0 Å². The van der Waals surface area contributed by atoms with Crippen molar-refractivity contribution in [3.05, 3.63) is 54.1 Å². The number of rotatable bonds is 9. The molecule has 0 saturated carbocycles. The first-order valence-corrected chi connectivity index (χ1v) is 9.95. The second-order valence-corrected chi connectivity index (χ2v) is 7.49. The van der Waals surface area contributed by atoms with E-state index in [1.807, 2.05) is 30.3 Å². The molecule has 0 unspecified atom stereocenters. The lowest BCUT2D eigenvalue weighted by molar-refractivity contribution is -0.122. The zero-order valence-electron chi connectivity index (χ0n) is 15.6. The second kappa shape index (κ2) is 9.38. The summed E-state index contributed by atoms with van der Waals surface area (Å²) in [5.41, 5.74) is 0.851. The van der Waals surface area contributed by atoms with E-state index in [0.29, 0.717) is 12.3 Å². The van der Waals surface area contributed by atoms with Gasteiger partial charge in [0.05, 0.1) is 19.1 Å². The number of sulfonamides is 1. The van der Waals surface area contributed by atoms with Crippen LogP contribution in [0, 0.1) is 0 Å². The molecule has 0 aliphatic heterocycles. The van der Waals surface area contributed by atoms with Gasteiger partial charge < -0.3 is 14.8 Å². The van der Waals surface area contributed by atoms with Gasteiger partial charge in [-0.25, -0.2) is 8.42 Å². The first-order chi connectivity index (χ1) is 12.9. The molecule has 2 N–H and O–H groups in total. The van der Waals surface area contributed by atoms with Crippen LogP contribution < -0.4 is 19.5 Å². The van der Waals surface area contributed by atoms with Gasteiger partial charge in [0.1, 0.15) is 6.04 Å². The minimum absolute atomic E-state index is 0.0116. The summed E-state index contributed by atoms with van der Waals surface area (Å²) in [7, 11) is -1.05. The van der Waals surface area contributed by atoms with Crippen LogP contribution in [0.4, 0.5) is 0 Å². The van der Waals surface area contributed by atoms with Gasteiger partial charge >= 0.3 is 0 Å². The highest BCUT2D eigenvalue weighted by molar-refractivity contribution is 7.89. The van der Waals surface area contributed by atoms with Gasteiger partial charge in [0.25, 0.3) is 0 Å². The van der Waals surface area contributed by atoms with E-state index < -0.39 is 16.1 Å². The molecule has 1 atom stereocenters. The van der Waals surface area contributed by atoms with Crippen LogP contribution >= 0.6 is 0 Å². The summed E-state index contributed by atoms with van der Waals surface area (Å²) < 4.78 is 38.4. The molecular formula is C19H24N2O5S. The van der Waals surface area contributed by atoms with Crippen molar-refractivity contribution in [1.29, 1.82) is 0 Å². The molecule has 0 bridgehead atoms. The Balaban J connectivity index is 2.30. The molecule has 27 heavy (non-hydrogen) atoms. The molecule has 146 valence electrons. The van der Waals surface area contributed by atoms with Crippen molar-refractivity contribution in [2.75, 3.05) is 20.8 Å². The Morgan fingerprint density at radius 1 is 1.04 bits per heavy atom. The zero-order chi connectivity index (χ0) is 19.9. The molecule has 2 aromatic rings. The van der Waals surface area contributed by atoms with Crippen molar-refractivity contribution < 1.29 is 22.7 Å². The van der Waals surface area contributed by atoms with Gasteiger partial charge in [0.2, 0.25) is 15.9 Å². The lowest BCUT2D eigenvalue weighted by Crippen LogP contribution is -2.47. The fourth-order valence-corrected chi connectivity index (χ4v) is 3.78. The van der Waals surface area contributed by atoms with Crippen LogP contribution in [-0.4, -0.2) is 41.1 Å². The van der Waals surface area contributed by atoms with E-state index in [9.17, 15) is 13.2 Å². The van der Waals surface area contributed by atoms with E-state index in [2.05, 4.69) is 10.0 Å². The molecular weight excluding hydrogens is 368 g/mol. The molecule has 1 amide bonds. The molecule has 0 saturated heterocycles. The van der Waals surface area contributed by atoms with E-state index in [4.69, 9.17) is 9.47 Å². The molecule has 7 nitrogen and oxygen atoms in total. The van der Waals surface area contributed by atoms with Crippen LogP contribution in [0.1, 0.15) is 12.5 Å². The minimum Gasteiger partial charge on any atom is -0.493 e.